The average Bonchev–Trinajstić information content (AvgIpc) is 2.72. The molecule has 2 aliphatic carbocycles. The molecule has 0 spiro atoms. The van der Waals surface area contributed by atoms with E-state index < -0.39 is 12.2 Å². The fourth-order valence-corrected chi connectivity index (χ4v) is 3.82. The molecule has 0 aromatic heterocycles. The highest BCUT2D eigenvalue weighted by Crippen LogP contribution is 2.47. The Balaban J connectivity index is 2.11. The minimum atomic E-state index is -0.620. The lowest BCUT2D eigenvalue weighted by molar-refractivity contribution is -0.144. The third kappa shape index (κ3) is 1.62. The zero-order chi connectivity index (χ0) is 13.9. The molecule has 1 unspecified atom stereocenters. The van der Waals surface area contributed by atoms with Crippen LogP contribution in [-0.4, -0.2) is 29.1 Å². The second-order valence-corrected chi connectivity index (χ2v) is 5.96. The van der Waals surface area contributed by atoms with E-state index in [0.29, 0.717) is 6.42 Å². The monoisotopic (exact) mass is 262 g/mol. The highest BCUT2D eigenvalue weighted by Gasteiger charge is 2.53. The van der Waals surface area contributed by atoms with Gasteiger partial charge in [-0.3, -0.25) is 9.59 Å². The van der Waals surface area contributed by atoms with Crippen LogP contribution in [0.15, 0.2) is 22.8 Å². The molecule has 0 bridgehead atoms. The van der Waals surface area contributed by atoms with Crippen molar-refractivity contribution in [3.05, 3.63) is 22.8 Å². The molecule has 19 heavy (non-hydrogen) atoms. The SMILES string of the molecule is CC1=CC(=O)C2=C(C)C[C@H](O)C3[C@@H](C)C(=O)O[C@@H]3[C@@H]12. The Kier molecular flexibility index (Phi) is 2.68. The molecule has 1 fully saturated rings. The highest BCUT2D eigenvalue weighted by molar-refractivity contribution is 6.09. The topological polar surface area (TPSA) is 63.6 Å². The second-order valence-electron chi connectivity index (χ2n) is 5.96. The summed E-state index contributed by atoms with van der Waals surface area (Å²) in [5.74, 6) is -0.957. The quantitative estimate of drug-likeness (QED) is 0.670. The van der Waals surface area contributed by atoms with E-state index in [4.69, 9.17) is 4.74 Å². The molecule has 0 aromatic carbocycles. The molecule has 1 saturated heterocycles. The zero-order valence-corrected chi connectivity index (χ0v) is 11.3. The minimum absolute atomic E-state index is 0.00320. The van der Waals surface area contributed by atoms with Crippen molar-refractivity contribution < 1.29 is 19.4 Å². The number of aliphatic hydroxyl groups excluding tert-OH is 1. The van der Waals surface area contributed by atoms with E-state index in [1.54, 1.807) is 13.0 Å². The van der Waals surface area contributed by atoms with E-state index in [-0.39, 0.29) is 29.5 Å². The summed E-state index contributed by atoms with van der Waals surface area (Å²) in [4.78, 5) is 23.9. The van der Waals surface area contributed by atoms with Crippen LogP contribution in [-0.2, 0) is 14.3 Å². The van der Waals surface area contributed by atoms with Crippen molar-refractivity contribution in [1.29, 1.82) is 0 Å². The Hall–Kier alpha value is -1.42. The first-order valence-corrected chi connectivity index (χ1v) is 6.72. The van der Waals surface area contributed by atoms with Gasteiger partial charge in [-0.1, -0.05) is 18.1 Å². The molecule has 3 rings (SSSR count). The number of aliphatic hydroxyl groups is 1. The van der Waals surface area contributed by atoms with Crippen LogP contribution in [0.1, 0.15) is 27.2 Å². The second kappa shape index (κ2) is 4.04. The third-order valence-corrected chi connectivity index (χ3v) is 4.75. The molecule has 1 heterocycles. The van der Waals surface area contributed by atoms with Crippen LogP contribution in [0.25, 0.3) is 0 Å². The van der Waals surface area contributed by atoms with Gasteiger partial charge in [-0.25, -0.2) is 0 Å². The van der Waals surface area contributed by atoms with Gasteiger partial charge in [0.1, 0.15) is 6.10 Å². The number of fused-ring (bicyclic) bond motifs is 3. The zero-order valence-electron chi connectivity index (χ0n) is 11.3. The Labute approximate surface area is 112 Å². The van der Waals surface area contributed by atoms with Crippen molar-refractivity contribution in [2.45, 2.75) is 39.4 Å². The first kappa shape index (κ1) is 12.6. The molecule has 1 N–H and O–H groups in total. The van der Waals surface area contributed by atoms with Crippen LogP contribution in [0.4, 0.5) is 0 Å². The summed E-state index contributed by atoms with van der Waals surface area (Å²) in [6.07, 6.45) is 1.06. The van der Waals surface area contributed by atoms with Crippen LogP contribution in [0.2, 0.25) is 0 Å². The molecule has 0 amide bonds. The van der Waals surface area contributed by atoms with E-state index >= 15 is 0 Å². The molecule has 102 valence electrons. The lowest BCUT2D eigenvalue weighted by Gasteiger charge is -2.26. The van der Waals surface area contributed by atoms with Crippen molar-refractivity contribution in [3.63, 3.8) is 0 Å². The fourth-order valence-electron chi connectivity index (χ4n) is 3.82. The number of hydrogen-bond donors (Lipinski definition) is 1. The lowest BCUT2D eigenvalue weighted by atomic mass is 9.80. The maximum atomic E-state index is 12.1. The molecule has 0 saturated carbocycles. The van der Waals surface area contributed by atoms with Gasteiger partial charge in [0.15, 0.2) is 5.78 Å². The Morgan fingerprint density at radius 1 is 1.32 bits per heavy atom. The summed E-state index contributed by atoms with van der Waals surface area (Å²) in [6, 6.07) is 0. The maximum Gasteiger partial charge on any atom is 0.309 e. The number of carbonyl (C=O) groups excluding carboxylic acids is 2. The Morgan fingerprint density at radius 3 is 2.68 bits per heavy atom. The molecule has 0 radical (unpaired) electrons. The smallest absolute Gasteiger partial charge is 0.309 e. The largest absolute Gasteiger partial charge is 0.461 e. The molecular formula is C15H18O4. The molecule has 3 aliphatic rings. The van der Waals surface area contributed by atoms with Crippen molar-refractivity contribution >= 4 is 11.8 Å². The van der Waals surface area contributed by atoms with Gasteiger partial charge >= 0.3 is 5.97 Å². The normalized spacial score (nSPS) is 41.7. The Bertz CT molecular complexity index is 528. The lowest BCUT2D eigenvalue weighted by Crippen LogP contribution is -2.35. The first-order chi connectivity index (χ1) is 8.91. The number of ketones is 1. The van der Waals surface area contributed by atoms with Gasteiger partial charge in [-0.15, -0.1) is 0 Å². The van der Waals surface area contributed by atoms with Gasteiger partial charge in [0.25, 0.3) is 0 Å². The molecule has 1 aliphatic heterocycles. The van der Waals surface area contributed by atoms with Crippen LogP contribution in [0.5, 0.6) is 0 Å². The van der Waals surface area contributed by atoms with Gasteiger partial charge in [0.2, 0.25) is 0 Å². The maximum absolute atomic E-state index is 12.1. The van der Waals surface area contributed by atoms with Crippen molar-refractivity contribution in [1.82, 2.24) is 0 Å². The Morgan fingerprint density at radius 2 is 2.00 bits per heavy atom. The molecule has 0 aromatic rings. The van der Waals surface area contributed by atoms with Crippen LogP contribution >= 0.6 is 0 Å². The predicted molar refractivity (Wildman–Crippen MR) is 68.1 cm³/mol. The van der Waals surface area contributed by atoms with Gasteiger partial charge < -0.3 is 9.84 Å². The number of allylic oxidation sites excluding steroid dienone is 1. The van der Waals surface area contributed by atoms with Gasteiger partial charge in [0.05, 0.1) is 12.0 Å². The minimum Gasteiger partial charge on any atom is -0.461 e. The molecule has 5 atom stereocenters. The van der Waals surface area contributed by atoms with E-state index in [1.807, 2.05) is 13.8 Å². The van der Waals surface area contributed by atoms with E-state index in [2.05, 4.69) is 0 Å². The fraction of sp³-hybridized carbons (Fsp3) is 0.600. The van der Waals surface area contributed by atoms with Gasteiger partial charge in [0, 0.05) is 17.4 Å². The summed E-state index contributed by atoms with van der Waals surface area (Å²) in [7, 11) is 0. The van der Waals surface area contributed by atoms with Crippen LogP contribution < -0.4 is 0 Å². The number of esters is 1. The van der Waals surface area contributed by atoms with E-state index in [9.17, 15) is 14.7 Å². The summed E-state index contributed by atoms with van der Waals surface area (Å²) in [5.41, 5.74) is 2.59. The number of hydrogen-bond acceptors (Lipinski definition) is 4. The summed E-state index contributed by atoms with van der Waals surface area (Å²) in [6.45, 7) is 5.59. The third-order valence-electron chi connectivity index (χ3n) is 4.75. The van der Waals surface area contributed by atoms with E-state index in [0.717, 1.165) is 16.7 Å². The summed E-state index contributed by atoms with van der Waals surface area (Å²) in [5, 5.41) is 10.3. The number of carbonyl (C=O) groups is 2. The predicted octanol–water partition coefficient (Wildman–Crippen LogP) is 1.39. The standard InChI is InChI=1S/C15H18O4/c1-6-4-10(17)13-8(3)15(18)19-14(13)12-7(2)5-9(16)11(6)12/h5,8,10,12-14,17H,4H2,1-3H3/t8-,10+,12+,13?,14-/m1/s1. The van der Waals surface area contributed by atoms with Crippen molar-refractivity contribution in [2.75, 3.05) is 0 Å². The molecular weight excluding hydrogens is 244 g/mol. The van der Waals surface area contributed by atoms with Gasteiger partial charge in [-0.05, 0) is 26.3 Å². The van der Waals surface area contributed by atoms with Crippen molar-refractivity contribution in [3.8, 4) is 0 Å². The highest BCUT2D eigenvalue weighted by atomic mass is 16.6. The van der Waals surface area contributed by atoms with Crippen LogP contribution in [0, 0.1) is 17.8 Å². The van der Waals surface area contributed by atoms with Gasteiger partial charge in [-0.2, -0.15) is 0 Å². The summed E-state index contributed by atoms with van der Waals surface area (Å²) >= 11 is 0. The summed E-state index contributed by atoms with van der Waals surface area (Å²) < 4.78 is 5.48. The van der Waals surface area contributed by atoms with Crippen LogP contribution in [0.3, 0.4) is 0 Å². The first-order valence-electron chi connectivity index (χ1n) is 6.72. The van der Waals surface area contributed by atoms with Crippen molar-refractivity contribution in [2.24, 2.45) is 17.8 Å². The average molecular weight is 262 g/mol. The number of rotatable bonds is 0. The number of ether oxygens (including phenoxy) is 1. The molecule has 4 heteroatoms. The van der Waals surface area contributed by atoms with E-state index in [1.165, 1.54) is 0 Å². The molecule has 4 nitrogen and oxygen atoms in total.